The Kier molecular flexibility index (Phi) is 5.56. The highest BCUT2D eigenvalue weighted by atomic mass is 16.5. The van der Waals surface area contributed by atoms with Gasteiger partial charge in [0.2, 0.25) is 0 Å². The number of methoxy groups -OCH3 is 2. The summed E-state index contributed by atoms with van der Waals surface area (Å²) in [7, 11) is 3.35. The molecule has 2 saturated heterocycles. The van der Waals surface area contributed by atoms with Crippen molar-refractivity contribution in [2.75, 3.05) is 40.6 Å². The van der Waals surface area contributed by atoms with E-state index < -0.39 is 0 Å². The smallest absolute Gasteiger partial charge is 0.118 e. The van der Waals surface area contributed by atoms with E-state index in [9.17, 15) is 0 Å². The van der Waals surface area contributed by atoms with Crippen molar-refractivity contribution in [3.63, 3.8) is 0 Å². The van der Waals surface area contributed by atoms with Crippen LogP contribution in [0.1, 0.15) is 37.2 Å². The monoisotopic (exact) mass is 398 g/mol. The van der Waals surface area contributed by atoms with Gasteiger partial charge in [-0.1, -0.05) is 38.1 Å². The highest BCUT2D eigenvalue weighted by Gasteiger charge is 2.48. The van der Waals surface area contributed by atoms with Gasteiger partial charge in [0.15, 0.2) is 0 Å². The first-order valence-corrected chi connectivity index (χ1v) is 10.1. The Hall–Kier alpha value is -2.08. The molecular formula is C24H30O5. The van der Waals surface area contributed by atoms with Crippen molar-refractivity contribution >= 4 is 0 Å². The number of benzene rings is 2. The lowest BCUT2D eigenvalue weighted by Gasteiger charge is -2.49. The molecule has 156 valence electrons. The number of ether oxygens (including phenoxy) is 5. The van der Waals surface area contributed by atoms with Crippen molar-refractivity contribution in [3.05, 3.63) is 59.7 Å². The molecule has 0 N–H and O–H groups in total. The van der Waals surface area contributed by atoms with E-state index in [1.165, 1.54) is 0 Å². The Morgan fingerprint density at radius 2 is 1.10 bits per heavy atom. The molecule has 0 radical (unpaired) electrons. The van der Waals surface area contributed by atoms with Crippen molar-refractivity contribution in [1.29, 1.82) is 0 Å². The molecule has 2 aromatic carbocycles. The van der Waals surface area contributed by atoms with Gasteiger partial charge in [-0.25, -0.2) is 0 Å². The summed E-state index contributed by atoms with van der Waals surface area (Å²) < 4.78 is 28.5. The Morgan fingerprint density at radius 1 is 0.724 bits per heavy atom. The van der Waals surface area contributed by atoms with E-state index in [1.807, 2.05) is 24.3 Å². The SMILES string of the molecule is COc1ccc(C2OCC2(C)COCC2(C)COC2c2ccc(OC)cc2)cc1. The number of hydrogen-bond donors (Lipinski definition) is 0. The second-order valence-corrected chi connectivity index (χ2v) is 8.73. The van der Waals surface area contributed by atoms with Crippen molar-refractivity contribution in [1.82, 2.24) is 0 Å². The summed E-state index contributed by atoms with van der Waals surface area (Å²) in [5.41, 5.74) is 2.28. The highest BCUT2D eigenvalue weighted by Crippen LogP contribution is 2.49. The van der Waals surface area contributed by atoms with Gasteiger partial charge in [-0.05, 0) is 35.4 Å². The molecule has 0 aliphatic carbocycles. The maximum absolute atomic E-state index is 6.23. The Balaban J connectivity index is 1.33. The van der Waals surface area contributed by atoms with Crippen LogP contribution in [0.2, 0.25) is 0 Å². The largest absolute Gasteiger partial charge is 0.497 e. The van der Waals surface area contributed by atoms with Crippen molar-refractivity contribution in [3.8, 4) is 11.5 Å². The molecule has 2 fully saturated rings. The highest BCUT2D eigenvalue weighted by molar-refractivity contribution is 5.31. The average Bonchev–Trinajstić information content (AvgIpc) is 2.73. The zero-order valence-corrected chi connectivity index (χ0v) is 17.6. The molecule has 4 unspecified atom stereocenters. The van der Waals surface area contributed by atoms with Crippen LogP contribution in [0.3, 0.4) is 0 Å². The maximum Gasteiger partial charge on any atom is 0.118 e. The van der Waals surface area contributed by atoms with Crippen LogP contribution >= 0.6 is 0 Å². The van der Waals surface area contributed by atoms with Crippen molar-refractivity contribution in [2.45, 2.75) is 26.1 Å². The maximum atomic E-state index is 6.23. The standard InChI is InChI=1S/C24H30O5/c1-23(15-28-21(23)17-5-9-19(25-3)10-6-17)13-27-14-24(2)16-29-22(24)18-7-11-20(26-4)12-8-18/h5-12,21-22H,13-16H2,1-4H3. The van der Waals surface area contributed by atoms with Crippen molar-refractivity contribution < 1.29 is 23.7 Å². The van der Waals surface area contributed by atoms with Crippen molar-refractivity contribution in [2.24, 2.45) is 10.8 Å². The molecule has 0 saturated carbocycles. The Morgan fingerprint density at radius 3 is 1.38 bits per heavy atom. The molecule has 0 aromatic heterocycles. The molecule has 0 spiro atoms. The topological polar surface area (TPSA) is 46.2 Å². The quantitative estimate of drug-likeness (QED) is 0.652. The average molecular weight is 398 g/mol. The first kappa shape index (κ1) is 20.2. The fraction of sp³-hybridized carbons (Fsp3) is 0.500. The lowest BCUT2D eigenvalue weighted by molar-refractivity contribution is -0.237. The molecule has 29 heavy (non-hydrogen) atoms. The van der Waals surface area contributed by atoms with Crippen LogP contribution in [-0.4, -0.2) is 40.6 Å². The third-order valence-electron chi connectivity index (χ3n) is 6.13. The zero-order chi connectivity index (χ0) is 20.5. The minimum Gasteiger partial charge on any atom is -0.497 e. The second kappa shape index (κ2) is 7.98. The van der Waals surface area contributed by atoms with Gasteiger partial charge in [0, 0.05) is 10.8 Å². The van der Waals surface area contributed by atoms with Crippen LogP contribution in [0, 0.1) is 10.8 Å². The van der Waals surface area contributed by atoms with E-state index in [0.29, 0.717) is 26.4 Å². The number of hydrogen-bond acceptors (Lipinski definition) is 5. The van der Waals surface area contributed by atoms with Gasteiger partial charge in [-0.3, -0.25) is 0 Å². The fourth-order valence-corrected chi connectivity index (χ4v) is 4.21. The second-order valence-electron chi connectivity index (χ2n) is 8.73. The summed E-state index contributed by atoms with van der Waals surface area (Å²) in [4.78, 5) is 0. The van der Waals surface area contributed by atoms with E-state index in [2.05, 4.69) is 38.1 Å². The van der Waals surface area contributed by atoms with Crippen LogP contribution in [0.5, 0.6) is 11.5 Å². The number of rotatable bonds is 8. The Bertz CT molecular complexity index is 749. The van der Waals surface area contributed by atoms with Gasteiger partial charge in [0.25, 0.3) is 0 Å². The molecule has 0 amide bonds. The first-order chi connectivity index (χ1) is 14.0. The van der Waals surface area contributed by atoms with Gasteiger partial charge >= 0.3 is 0 Å². The van der Waals surface area contributed by atoms with Crippen LogP contribution in [0.4, 0.5) is 0 Å². The molecule has 2 aliphatic heterocycles. The summed E-state index contributed by atoms with van der Waals surface area (Å²) >= 11 is 0. The summed E-state index contributed by atoms with van der Waals surface area (Å²) in [5.74, 6) is 1.71. The minimum atomic E-state index is -0.0227. The van der Waals surface area contributed by atoms with Gasteiger partial charge in [0.1, 0.15) is 11.5 Å². The summed E-state index contributed by atoms with van der Waals surface area (Å²) in [6.45, 7) is 7.19. The van der Waals surface area contributed by atoms with Crippen LogP contribution in [-0.2, 0) is 14.2 Å². The zero-order valence-electron chi connectivity index (χ0n) is 17.6. The molecule has 4 atom stereocenters. The molecule has 2 aliphatic rings. The Labute approximate surface area is 172 Å². The molecular weight excluding hydrogens is 368 g/mol. The van der Waals surface area contributed by atoms with E-state index in [4.69, 9.17) is 23.7 Å². The van der Waals surface area contributed by atoms with Gasteiger partial charge in [0.05, 0.1) is 52.9 Å². The predicted molar refractivity (Wildman–Crippen MR) is 110 cm³/mol. The van der Waals surface area contributed by atoms with E-state index >= 15 is 0 Å². The third-order valence-corrected chi connectivity index (χ3v) is 6.13. The normalized spacial score (nSPS) is 30.9. The molecule has 5 heteroatoms. The van der Waals surface area contributed by atoms with E-state index in [1.54, 1.807) is 14.2 Å². The molecule has 2 aromatic rings. The van der Waals surface area contributed by atoms with Crippen LogP contribution < -0.4 is 9.47 Å². The predicted octanol–water partition coefficient (Wildman–Crippen LogP) is 4.58. The minimum absolute atomic E-state index is 0.0227. The lowest BCUT2D eigenvalue weighted by atomic mass is 9.76. The molecule has 4 rings (SSSR count). The fourth-order valence-electron chi connectivity index (χ4n) is 4.21. The van der Waals surface area contributed by atoms with Crippen LogP contribution in [0.15, 0.2) is 48.5 Å². The van der Waals surface area contributed by atoms with Gasteiger partial charge in [-0.2, -0.15) is 0 Å². The van der Waals surface area contributed by atoms with Gasteiger partial charge < -0.3 is 23.7 Å². The van der Waals surface area contributed by atoms with Gasteiger partial charge in [-0.15, -0.1) is 0 Å². The lowest BCUT2D eigenvalue weighted by Crippen LogP contribution is -2.50. The first-order valence-electron chi connectivity index (χ1n) is 10.1. The molecule has 2 heterocycles. The summed E-state index contributed by atoms with van der Waals surface area (Å²) in [6.07, 6.45) is 0.104. The summed E-state index contributed by atoms with van der Waals surface area (Å²) in [6, 6.07) is 16.2. The molecule has 5 nitrogen and oxygen atoms in total. The third kappa shape index (κ3) is 3.87. The molecule has 0 bridgehead atoms. The van der Waals surface area contributed by atoms with Crippen LogP contribution in [0.25, 0.3) is 0 Å². The van der Waals surface area contributed by atoms with E-state index in [-0.39, 0.29) is 23.0 Å². The van der Waals surface area contributed by atoms with E-state index in [0.717, 1.165) is 22.6 Å². The summed E-state index contributed by atoms with van der Waals surface area (Å²) in [5, 5.41) is 0.